The molecule has 0 saturated carbocycles. The minimum atomic E-state index is -0.931. The van der Waals surface area contributed by atoms with Crippen molar-refractivity contribution in [2.24, 2.45) is 5.92 Å². The van der Waals surface area contributed by atoms with Gasteiger partial charge in [-0.05, 0) is 12.8 Å². The smallest absolute Gasteiger partial charge is 0.305 e. The normalized spacial score (nSPS) is 19.8. The Kier molecular flexibility index (Phi) is 4.93. The predicted octanol–water partition coefficient (Wildman–Crippen LogP) is -0.164. The molecule has 1 aliphatic rings. The number of carbonyl (C=O) groups is 3. The number of piperidine rings is 1. The molecular formula is C11H18N2O4. The van der Waals surface area contributed by atoms with Crippen molar-refractivity contribution < 1.29 is 19.5 Å². The van der Waals surface area contributed by atoms with Gasteiger partial charge in [0, 0.05) is 26.6 Å². The highest BCUT2D eigenvalue weighted by atomic mass is 16.4. The van der Waals surface area contributed by atoms with Crippen molar-refractivity contribution in [3.05, 3.63) is 0 Å². The van der Waals surface area contributed by atoms with Gasteiger partial charge in [-0.25, -0.2) is 0 Å². The largest absolute Gasteiger partial charge is 0.481 e. The molecule has 1 unspecified atom stereocenters. The first-order valence-electron chi connectivity index (χ1n) is 5.75. The molecule has 1 aliphatic heterocycles. The molecule has 6 heteroatoms. The quantitative estimate of drug-likeness (QED) is 0.717. The van der Waals surface area contributed by atoms with Gasteiger partial charge in [-0.2, -0.15) is 0 Å². The third kappa shape index (κ3) is 4.42. The fraction of sp³-hybridized carbons (Fsp3) is 0.727. The van der Waals surface area contributed by atoms with E-state index in [1.54, 1.807) is 4.90 Å². The van der Waals surface area contributed by atoms with Crippen molar-refractivity contribution in [1.82, 2.24) is 10.2 Å². The summed E-state index contributed by atoms with van der Waals surface area (Å²) in [7, 11) is 0. The molecule has 0 bridgehead atoms. The summed E-state index contributed by atoms with van der Waals surface area (Å²) in [5.74, 6) is -1.31. The van der Waals surface area contributed by atoms with E-state index in [1.165, 1.54) is 6.92 Å². The average Bonchev–Trinajstić information content (AvgIpc) is 2.28. The monoisotopic (exact) mass is 242 g/mol. The molecule has 17 heavy (non-hydrogen) atoms. The van der Waals surface area contributed by atoms with Gasteiger partial charge in [0.1, 0.15) is 0 Å². The van der Waals surface area contributed by atoms with E-state index in [-0.39, 0.29) is 30.7 Å². The lowest BCUT2D eigenvalue weighted by Crippen LogP contribution is -2.45. The maximum Gasteiger partial charge on any atom is 0.305 e. The average molecular weight is 242 g/mol. The van der Waals surface area contributed by atoms with E-state index < -0.39 is 5.97 Å². The van der Waals surface area contributed by atoms with E-state index in [2.05, 4.69) is 5.32 Å². The van der Waals surface area contributed by atoms with E-state index in [0.29, 0.717) is 13.1 Å². The zero-order valence-electron chi connectivity index (χ0n) is 9.94. The molecule has 2 amide bonds. The van der Waals surface area contributed by atoms with Gasteiger partial charge in [0.15, 0.2) is 0 Å². The van der Waals surface area contributed by atoms with E-state index in [0.717, 1.165) is 12.8 Å². The van der Waals surface area contributed by atoms with Crippen molar-refractivity contribution in [2.45, 2.75) is 26.2 Å². The van der Waals surface area contributed by atoms with Crippen LogP contribution < -0.4 is 5.32 Å². The van der Waals surface area contributed by atoms with Crippen molar-refractivity contribution in [3.8, 4) is 0 Å². The number of likely N-dealkylation sites (tertiary alicyclic amines) is 1. The highest BCUT2D eigenvalue weighted by Gasteiger charge is 2.26. The van der Waals surface area contributed by atoms with Crippen molar-refractivity contribution >= 4 is 17.8 Å². The van der Waals surface area contributed by atoms with Gasteiger partial charge in [0.05, 0.1) is 12.3 Å². The maximum absolute atomic E-state index is 11.7. The lowest BCUT2D eigenvalue weighted by molar-refractivity contribution is -0.137. The number of carbonyl (C=O) groups excluding carboxylic acids is 2. The molecule has 0 aliphatic carbocycles. The van der Waals surface area contributed by atoms with E-state index in [1.807, 2.05) is 0 Å². The third-order valence-electron chi connectivity index (χ3n) is 2.88. The Morgan fingerprint density at radius 3 is 2.71 bits per heavy atom. The number of nitrogens with zero attached hydrogens (tertiary/aromatic N) is 1. The first kappa shape index (κ1) is 13.5. The Morgan fingerprint density at radius 1 is 1.41 bits per heavy atom. The predicted molar refractivity (Wildman–Crippen MR) is 60.2 cm³/mol. The van der Waals surface area contributed by atoms with Crippen LogP contribution in [0.25, 0.3) is 0 Å². The third-order valence-corrected chi connectivity index (χ3v) is 2.88. The summed E-state index contributed by atoms with van der Waals surface area (Å²) >= 11 is 0. The Labute approximate surface area is 100.0 Å². The van der Waals surface area contributed by atoms with Gasteiger partial charge < -0.3 is 15.3 Å². The second-order valence-electron chi connectivity index (χ2n) is 4.24. The van der Waals surface area contributed by atoms with Crippen LogP contribution in [-0.4, -0.2) is 47.4 Å². The highest BCUT2D eigenvalue weighted by molar-refractivity contribution is 5.81. The second kappa shape index (κ2) is 6.22. The van der Waals surface area contributed by atoms with Gasteiger partial charge in [0.25, 0.3) is 0 Å². The van der Waals surface area contributed by atoms with Crippen molar-refractivity contribution in [2.75, 3.05) is 19.6 Å². The van der Waals surface area contributed by atoms with Crippen LogP contribution in [-0.2, 0) is 14.4 Å². The molecule has 0 spiro atoms. The molecule has 2 N–H and O–H groups in total. The summed E-state index contributed by atoms with van der Waals surface area (Å²) < 4.78 is 0. The molecule has 0 aromatic carbocycles. The molecule has 0 aromatic rings. The number of rotatable bonds is 4. The van der Waals surface area contributed by atoms with Crippen LogP contribution in [0, 0.1) is 5.92 Å². The molecule has 1 rings (SSSR count). The number of aliphatic carboxylic acids is 1. The highest BCUT2D eigenvalue weighted by Crippen LogP contribution is 2.16. The molecule has 6 nitrogen and oxygen atoms in total. The van der Waals surface area contributed by atoms with Gasteiger partial charge in [-0.1, -0.05) is 0 Å². The number of carboxylic acids is 1. The Hall–Kier alpha value is -1.59. The lowest BCUT2D eigenvalue weighted by atomic mass is 9.97. The first-order chi connectivity index (χ1) is 8.00. The second-order valence-corrected chi connectivity index (χ2v) is 4.24. The molecule has 1 atom stereocenters. The zero-order chi connectivity index (χ0) is 12.8. The van der Waals surface area contributed by atoms with Crippen molar-refractivity contribution in [3.63, 3.8) is 0 Å². The van der Waals surface area contributed by atoms with Crippen LogP contribution in [0.3, 0.4) is 0 Å². The summed E-state index contributed by atoms with van der Waals surface area (Å²) in [6, 6.07) is 0. The fourth-order valence-corrected chi connectivity index (χ4v) is 1.91. The molecule has 1 fully saturated rings. The molecule has 1 heterocycles. The van der Waals surface area contributed by atoms with Crippen LogP contribution in [0.5, 0.6) is 0 Å². The standard InChI is InChI=1S/C11H18N2O4/c1-8(14)13-6-2-3-9(7-13)11(17)12-5-4-10(15)16/h9H,2-7H2,1H3,(H,12,17)(H,15,16). The van der Waals surface area contributed by atoms with E-state index >= 15 is 0 Å². The minimum absolute atomic E-state index is 0.0203. The number of hydrogen-bond acceptors (Lipinski definition) is 3. The summed E-state index contributed by atoms with van der Waals surface area (Å²) in [6.45, 7) is 2.78. The molecule has 1 saturated heterocycles. The minimum Gasteiger partial charge on any atom is -0.481 e. The Balaban J connectivity index is 2.35. The summed E-state index contributed by atoms with van der Waals surface area (Å²) in [5, 5.41) is 11.0. The molecule has 96 valence electrons. The molecule has 0 aromatic heterocycles. The zero-order valence-corrected chi connectivity index (χ0v) is 9.94. The van der Waals surface area contributed by atoms with Crippen LogP contribution in [0.2, 0.25) is 0 Å². The summed E-state index contributed by atoms with van der Waals surface area (Å²) in [4.78, 5) is 34.8. The van der Waals surface area contributed by atoms with Crippen LogP contribution in [0.4, 0.5) is 0 Å². The van der Waals surface area contributed by atoms with Gasteiger partial charge in [0.2, 0.25) is 11.8 Å². The number of hydrogen-bond donors (Lipinski definition) is 2. The summed E-state index contributed by atoms with van der Waals surface area (Å²) in [5.41, 5.74) is 0. The molecule has 0 radical (unpaired) electrons. The lowest BCUT2D eigenvalue weighted by Gasteiger charge is -2.31. The van der Waals surface area contributed by atoms with Crippen molar-refractivity contribution in [1.29, 1.82) is 0 Å². The topological polar surface area (TPSA) is 86.7 Å². The van der Waals surface area contributed by atoms with Crippen LogP contribution in [0.1, 0.15) is 26.2 Å². The maximum atomic E-state index is 11.7. The van der Waals surface area contributed by atoms with E-state index in [9.17, 15) is 14.4 Å². The number of nitrogens with one attached hydrogen (secondary N) is 1. The van der Waals surface area contributed by atoms with Crippen LogP contribution in [0.15, 0.2) is 0 Å². The Bertz CT molecular complexity index is 317. The first-order valence-corrected chi connectivity index (χ1v) is 5.75. The van der Waals surface area contributed by atoms with Gasteiger partial charge >= 0.3 is 5.97 Å². The summed E-state index contributed by atoms with van der Waals surface area (Å²) in [6.07, 6.45) is 1.49. The number of amides is 2. The Morgan fingerprint density at radius 2 is 2.12 bits per heavy atom. The fourth-order valence-electron chi connectivity index (χ4n) is 1.91. The van der Waals surface area contributed by atoms with Crippen LogP contribution >= 0.6 is 0 Å². The molecular weight excluding hydrogens is 224 g/mol. The number of carboxylic acid groups (broad SMARTS) is 1. The van der Waals surface area contributed by atoms with E-state index in [4.69, 9.17) is 5.11 Å². The van der Waals surface area contributed by atoms with Gasteiger partial charge in [-0.15, -0.1) is 0 Å². The SMILES string of the molecule is CC(=O)N1CCCC(C(=O)NCCC(=O)O)C1. The van der Waals surface area contributed by atoms with Gasteiger partial charge in [-0.3, -0.25) is 14.4 Å².